The molecule has 0 radical (unpaired) electrons. The van der Waals surface area contributed by atoms with Crippen molar-refractivity contribution < 1.29 is 27.4 Å². The topological polar surface area (TPSA) is 92.1 Å². The minimum atomic E-state index is -4.66. The molecule has 1 amide bonds. The highest BCUT2D eigenvalue weighted by Gasteiger charge is 2.44. The van der Waals surface area contributed by atoms with E-state index in [9.17, 15) is 18.0 Å². The lowest BCUT2D eigenvalue weighted by molar-refractivity contribution is -0.144. The fourth-order valence-corrected chi connectivity index (χ4v) is 6.86. The Bertz CT molecular complexity index is 1340. The highest BCUT2D eigenvalue weighted by atomic mass is 19.4. The van der Waals surface area contributed by atoms with Crippen molar-refractivity contribution in [3.8, 4) is 0 Å². The SMILES string of the molecule is COCCn1ncc(C)c1[C@H]1CCN(c2cc(N3C[C@@H](N4CCN(C(=O)OC(C)(C)C)CC4)[C@H]3C)nc(C(F)(F)F)n2)[C@H](C)C1. The van der Waals surface area contributed by atoms with E-state index >= 15 is 0 Å². The van der Waals surface area contributed by atoms with Crippen molar-refractivity contribution in [2.24, 2.45) is 0 Å². The van der Waals surface area contributed by atoms with Crippen LogP contribution in [0.4, 0.5) is 29.6 Å². The minimum absolute atomic E-state index is 0.0272. The van der Waals surface area contributed by atoms with E-state index in [4.69, 9.17) is 9.47 Å². The predicted octanol–water partition coefficient (Wildman–Crippen LogP) is 4.55. The molecule has 4 atom stereocenters. The van der Waals surface area contributed by atoms with Crippen LogP contribution in [0.2, 0.25) is 0 Å². The number of carbonyl (C=O) groups excluding carboxylic acids is 1. The van der Waals surface area contributed by atoms with Crippen molar-refractivity contribution in [3.05, 3.63) is 29.3 Å². The fourth-order valence-electron chi connectivity index (χ4n) is 6.86. The van der Waals surface area contributed by atoms with E-state index in [0.29, 0.717) is 64.1 Å². The van der Waals surface area contributed by atoms with Gasteiger partial charge in [0.05, 0.1) is 19.3 Å². The second kappa shape index (κ2) is 12.9. The van der Waals surface area contributed by atoms with Gasteiger partial charge in [0.1, 0.15) is 17.2 Å². The number of carbonyl (C=O) groups is 1. The zero-order valence-corrected chi connectivity index (χ0v) is 27.5. The van der Waals surface area contributed by atoms with Gasteiger partial charge < -0.3 is 24.2 Å². The summed E-state index contributed by atoms with van der Waals surface area (Å²) in [4.78, 5) is 28.5. The molecule has 0 saturated carbocycles. The monoisotopic (exact) mass is 636 g/mol. The van der Waals surface area contributed by atoms with Crippen molar-refractivity contribution in [2.75, 3.05) is 62.8 Å². The highest BCUT2D eigenvalue weighted by molar-refractivity contribution is 5.68. The number of aryl methyl sites for hydroxylation is 1. The summed E-state index contributed by atoms with van der Waals surface area (Å²) in [7, 11) is 1.66. The average molecular weight is 637 g/mol. The third-order valence-electron chi connectivity index (χ3n) is 9.25. The van der Waals surface area contributed by atoms with Crippen LogP contribution in [0.3, 0.4) is 0 Å². The molecule has 2 aromatic heterocycles. The molecule has 45 heavy (non-hydrogen) atoms. The van der Waals surface area contributed by atoms with Gasteiger partial charge in [0.15, 0.2) is 0 Å². The predicted molar refractivity (Wildman–Crippen MR) is 165 cm³/mol. The lowest BCUT2D eigenvalue weighted by Gasteiger charge is -2.53. The largest absolute Gasteiger partial charge is 0.451 e. The summed E-state index contributed by atoms with van der Waals surface area (Å²) in [6.07, 6.45) is -1.55. The molecule has 5 rings (SSSR count). The number of alkyl halides is 3. The van der Waals surface area contributed by atoms with E-state index in [1.165, 1.54) is 5.69 Å². The Morgan fingerprint density at radius 2 is 1.69 bits per heavy atom. The molecule has 0 unspecified atom stereocenters. The molecule has 3 fully saturated rings. The Morgan fingerprint density at radius 3 is 2.27 bits per heavy atom. The molecule has 3 saturated heterocycles. The van der Waals surface area contributed by atoms with Crippen LogP contribution in [0.5, 0.6) is 0 Å². The van der Waals surface area contributed by atoms with Gasteiger partial charge in [-0.25, -0.2) is 14.8 Å². The van der Waals surface area contributed by atoms with Crippen LogP contribution in [-0.4, -0.2) is 112 Å². The number of aromatic nitrogens is 4. The number of hydrogen-bond acceptors (Lipinski definition) is 9. The van der Waals surface area contributed by atoms with Crippen molar-refractivity contribution in [1.29, 1.82) is 0 Å². The van der Waals surface area contributed by atoms with Gasteiger partial charge in [0.25, 0.3) is 0 Å². The van der Waals surface area contributed by atoms with E-state index in [0.717, 1.165) is 18.4 Å². The number of halogens is 3. The summed E-state index contributed by atoms with van der Waals surface area (Å²) >= 11 is 0. The maximum absolute atomic E-state index is 14.1. The summed E-state index contributed by atoms with van der Waals surface area (Å²) in [5.74, 6) is -0.263. The number of anilines is 2. The average Bonchev–Trinajstić information content (AvgIpc) is 3.33. The van der Waals surface area contributed by atoms with Gasteiger partial charge in [-0.15, -0.1) is 0 Å². The molecule has 0 spiro atoms. The second-order valence-corrected chi connectivity index (χ2v) is 13.6. The number of ether oxygens (including phenoxy) is 2. The standard InChI is InChI=1S/C31H47F3N8O3/c1-20-18-35-42(14-15-44-7)27(20)23-8-9-40(21(2)16-23)25-17-26(37-28(36-25)31(32,33)34)41-19-24(22(41)3)38-10-12-39(13-11-38)29(43)45-30(4,5)6/h17-18,21-24H,8-16,19H2,1-7H3/t21-,22-,23+,24-/m1/s1. The number of nitrogens with zero attached hydrogens (tertiary/aromatic N) is 8. The number of piperazine rings is 1. The van der Waals surface area contributed by atoms with Crippen LogP contribution in [0.1, 0.15) is 70.5 Å². The van der Waals surface area contributed by atoms with Gasteiger partial charge in [-0.2, -0.15) is 18.3 Å². The van der Waals surface area contributed by atoms with Gasteiger partial charge in [0, 0.05) is 82.2 Å². The quantitative estimate of drug-likeness (QED) is 0.434. The van der Waals surface area contributed by atoms with Gasteiger partial charge in [0.2, 0.25) is 5.82 Å². The van der Waals surface area contributed by atoms with Crippen molar-refractivity contribution in [2.45, 2.75) is 96.7 Å². The molecule has 250 valence electrons. The molecule has 14 heteroatoms. The number of methoxy groups -OCH3 is 1. The third kappa shape index (κ3) is 7.32. The van der Waals surface area contributed by atoms with Crippen LogP contribution in [0.15, 0.2) is 12.3 Å². The second-order valence-electron chi connectivity index (χ2n) is 13.6. The number of hydrogen-bond donors (Lipinski definition) is 0. The lowest BCUT2D eigenvalue weighted by Crippen LogP contribution is -2.68. The molecular formula is C31H47F3N8O3. The van der Waals surface area contributed by atoms with Crippen molar-refractivity contribution in [1.82, 2.24) is 29.5 Å². The maximum Gasteiger partial charge on any atom is 0.451 e. The van der Waals surface area contributed by atoms with Crippen molar-refractivity contribution >= 4 is 17.7 Å². The zero-order valence-electron chi connectivity index (χ0n) is 27.5. The summed E-state index contributed by atoms with van der Waals surface area (Å²) in [5.41, 5.74) is 1.74. The molecule has 0 N–H and O–H groups in total. The molecular weight excluding hydrogens is 589 g/mol. The maximum atomic E-state index is 14.1. The summed E-state index contributed by atoms with van der Waals surface area (Å²) in [6.45, 7) is 16.5. The van der Waals surface area contributed by atoms with Crippen LogP contribution in [0, 0.1) is 6.92 Å². The molecule has 11 nitrogen and oxygen atoms in total. The fraction of sp³-hybridized carbons (Fsp3) is 0.742. The van der Waals surface area contributed by atoms with Gasteiger partial charge in [-0.05, 0) is 59.9 Å². The third-order valence-corrected chi connectivity index (χ3v) is 9.25. The molecule has 5 heterocycles. The molecule has 2 aromatic rings. The Balaban J connectivity index is 1.27. The molecule has 0 aliphatic carbocycles. The van der Waals surface area contributed by atoms with Crippen LogP contribution < -0.4 is 9.80 Å². The first kappa shape index (κ1) is 33.2. The molecule has 3 aliphatic rings. The first-order chi connectivity index (χ1) is 21.2. The van der Waals surface area contributed by atoms with E-state index in [2.05, 4.69) is 26.9 Å². The lowest BCUT2D eigenvalue weighted by atomic mass is 9.87. The van der Waals surface area contributed by atoms with E-state index in [1.54, 1.807) is 18.1 Å². The normalized spacial score (nSPS) is 25.0. The number of amides is 1. The Labute approximate surface area is 263 Å². The summed E-state index contributed by atoms with van der Waals surface area (Å²) < 4.78 is 55.0. The van der Waals surface area contributed by atoms with Gasteiger partial charge in [-0.1, -0.05) is 0 Å². The van der Waals surface area contributed by atoms with E-state index in [-0.39, 0.29) is 30.1 Å². The van der Waals surface area contributed by atoms with Crippen LogP contribution in [0.25, 0.3) is 0 Å². The van der Waals surface area contributed by atoms with Crippen molar-refractivity contribution in [3.63, 3.8) is 0 Å². The number of piperidine rings is 1. The van der Waals surface area contributed by atoms with Gasteiger partial charge in [-0.3, -0.25) is 9.58 Å². The smallest absolute Gasteiger partial charge is 0.444 e. The van der Waals surface area contributed by atoms with E-state index < -0.39 is 17.6 Å². The minimum Gasteiger partial charge on any atom is -0.444 e. The highest BCUT2D eigenvalue weighted by Crippen LogP contribution is 2.39. The first-order valence-corrected chi connectivity index (χ1v) is 15.9. The Morgan fingerprint density at radius 1 is 1.02 bits per heavy atom. The zero-order chi connectivity index (χ0) is 32.7. The summed E-state index contributed by atoms with van der Waals surface area (Å²) in [5, 5.41) is 4.53. The first-order valence-electron chi connectivity index (χ1n) is 15.9. The Hall–Kier alpha value is -3.13. The molecule has 0 aromatic carbocycles. The van der Waals surface area contributed by atoms with E-state index in [1.807, 2.05) is 55.3 Å². The van der Waals surface area contributed by atoms with Gasteiger partial charge >= 0.3 is 12.3 Å². The van der Waals surface area contributed by atoms with Crippen LogP contribution >= 0.6 is 0 Å². The molecule has 0 bridgehead atoms. The molecule has 3 aliphatic heterocycles. The summed E-state index contributed by atoms with van der Waals surface area (Å²) in [6, 6.07) is 1.80. The Kier molecular flexibility index (Phi) is 9.55. The number of rotatable bonds is 7. The van der Waals surface area contributed by atoms with Crippen LogP contribution in [-0.2, 0) is 22.2 Å².